The Morgan fingerprint density at radius 1 is 1.75 bits per heavy atom. The van der Waals surface area contributed by atoms with Gasteiger partial charge in [0.1, 0.15) is 4.60 Å². The number of halogens is 1. The van der Waals surface area contributed by atoms with Crippen LogP contribution in [0.25, 0.3) is 0 Å². The lowest BCUT2D eigenvalue weighted by Crippen LogP contribution is -1.99. The van der Waals surface area contributed by atoms with Gasteiger partial charge in [-0.25, -0.2) is 4.98 Å². The Balaban J connectivity index is 3.19. The first-order chi connectivity index (χ1) is 5.69. The van der Waals surface area contributed by atoms with Crippen LogP contribution in [0.4, 0.5) is 5.69 Å². The van der Waals surface area contributed by atoms with Crippen LogP contribution in [-0.4, -0.2) is 17.2 Å². The second kappa shape index (κ2) is 3.73. The van der Waals surface area contributed by atoms with E-state index in [-0.39, 0.29) is 6.61 Å². The van der Waals surface area contributed by atoms with E-state index in [1.54, 1.807) is 6.07 Å². The van der Waals surface area contributed by atoms with E-state index in [2.05, 4.69) is 20.9 Å². The van der Waals surface area contributed by atoms with Crippen LogP contribution in [0.1, 0.15) is 5.56 Å². The zero-order valence-corrected chi connectivity index (χ0v) is 8.13. The van der Waals surface area contributed by atoms with E-state index >= 15 is 0 Å². The summed E-state index contributed by atoms with van der Waals surface area (Å²) in [5, 5.41) is 8.87. The molecule has 0 saturated heterocycles. The molecule has 0 radical (unpaired) electrons. The maximum atomic E-state index is 8.87. The van der Waals surface area contributed by atoms with Crippen molar-refractivity contribution >= 4 is 21.6 Å². The first-order valence-corrected chi connectivity index (χ1v) is 4.08. The lowest BCUT2D eigenvalue weighted by Gasteiger charge is -2.06. The summed E-state index contributed by atoms with van der Waals surface area (Å²) in [6.07, 6.45) is 0. The van der Waals surface area contributed by atoms with Crippen LogP contribution < -0.4 is 10.5 Å². The van der Waals surface area contributed by atoms with E-state index in [4.69, 9.17) is 15.6 Å². The van der Waals surface area contributed by atoms with Crippen molar-refractivity contribution in [1.82, 2.24) is 4.98 Å². The molecule has 0 amide bonds. The number of nitrogens with two attached hydrogens (primary N) is 1. The maximum Gasteiger partial charge on any atom is 0.219 e. The van der Waals surface area contributed by atoms with Gasteiger partial charge >= 0.3 is 0 Å². The van der Waals surface area contributed by atoms with Crippen molar-refractivity contribution in [2.45, 2.75) is 6.61 Å². The van der Waals surface area contributed by atoms with Crippen molar-refractivity contribution in [3.8, 4) is 5.88 Å². The Labute approximate surface area is 78.5 Å². The normalized spacial score (nSPS) is 9.92. The number of ether oxygens (including phenoxy) is 1. The predicted molar refractivity (Wildman–Crippen MR) is 48.8 cm³/mol. The molecule has 1 heterocycles. The number of aliphatic hydroxyl groups excluding tert-OH is 1. The SMILES string of the molecule is COc1nc(Br)c(N)cc1CO. The Bertz CT molecular complexity index is 262. The zero-order valence-electron chi connectivity index (χ0n) is 6.54. The molecule has 0 unspecified atom stereocenters. The molecule has 5 heteroatoms. The summed E-state index contributed by atoms with van der Waals surface area (Å²) in [5.41, 5.74) is 6.61. The number of anilines is 1. The molecule has 0 atom stereocenters. The van der Waals surface area contributed by atoms with Gasteiger partial charge in [-0.05, 0) is 22.0 Å². The summed E-state index contributed by atoms with van der Waals surface area (Å²) in [4.78, 5) is 3.97. The molecule has 12 heavy (non-hydrogen) atoms. The Morgan fingerprint density at radius 2 is 2.42 bits per heavy atom. The summed E-state index contributed by atoms with van der Waals surface area (Å²) < 4.78 is 5.44. The lowest BCUT2D eigenvalue weighted by atomic mass is 10.2. The minimum Gasteiger partial charge on any atom is -0.481 e. The number of aliphatic hydroxyl groups is 1. The van der Waals surface area contributed by atoms with Crippen LogP contribution in [0.3, 0.4) is 0 Å². The summed E-state index contributed by atoms with van der Waals surface area (Å²) in [7, 11) is 1.49. The molecule has 3 N–H and O–H groups in total. The molecule has 0 fully saturated rings. The lowest BCUT2D eigenvalue weighted by molar-refractivity contribution is 0.271. The van der Waals surface area contributed by atoms with E-state index in [0.29, 0.717) is 21.7 Å². The molecule has 0 bridgehead atoms. The minimum atomic E-state index is -0.131. The van der Waals surface area contributed by atoms with Crippen LogP contribution in [0.2, 0.25) is 0 Å². The van der Waals surface area contributed by atoms with E-state index in [9.17, 15) is 0 Å². The summed E-state index contributed by atoms with van der Waals surface area (Å²) in [6, 6.07) is 1.62. The van der Waals surface area contributed by atoms with Crippen LogP contribution in [0.5, 0.6) is 5.88 Å². The first kappa shape index (κ1) is 9.28. The van der Waals surface area contributed by atoms with E-state index in [0.717, 1.165) is 0 Å². The molecule has 0 spiro atoms. The Hall–Kier alpha value is -0.810. The molecule has 0 aromatic carbocycles. The predicted octanol–water partition coefficient (Wildman–Crippen LogP) is 0.927. The fourth-order valence-corrected chi connectivity index (χ4v) is 1.10. The van der Waals surface area contributed by atoms with E-state index in [1.807, 2.05) is 0 Å². The van der Waals surface area contributed by atoms with Crippen molar-refractivity contribution in [3.63, 3.8) is 0 Å². The summed E-state index contributed by atoms with van der Waals surface area (Å²) >= 11 is 3.15. The zero-order chi connectivity index (χ0) is 9.14. The molecule has 0 saturated carbocycles. The third-order valence-electron chi connectivity index (χ3n) is 1.41. The van der Waals surface area contributed by atoms with Crippen molar-refractivity contribution < 1.29 is 9.84 Å². The third kappa shape index (κ3) is 1.67. The van der Waals surface area contributed by atoms with Gasteiger partial charge in [0.25, 0.3) is 0 Å². The van der Waals surface area contributed by atoms with Gasteiger partial charge in [-0.1, -0.05) is 0 Å². The quantitative estimate of drug-likeness (QED) is 0.745. The average Bonchev–Trinajstić information content (AvgIpc) is 2.09. The van der Waals surface area contributed by atoms with E-state index in [1.165, 1.54) is 7.11 Å². The molecule has 0 aliphatic rings. The monoisotopic (exact) mass is 232 g/mol. The van der Waals surface area contributed by atoms with Gasteiger partial charge in [-0.3, -0.25) is 0 Å². The number of methoxy groups -OCH3 is 1. The molecule has 1 rings (SSSR count). The molecular formula is C7H9BrN2O2. The number of rotatable bonds is 2. The second-order valence-corrected chi connectivity index (χ2v) is 2.95. The van der Waals surface area contributed by atoms with Gasteiger partial charge < -0.3 is 15.6 Å². The number of pyridine rings is 1. The van der Waals surface area contributed by atoms with Crippen LogP contribution in [-0.2, 0) is 6.61 Å². The molecule has 0 aliphatic carbocycles. The highest BCUT2D eigenvalue weighted by atomic mass is 79.9. The first-order valence-electron chi connectivity index (χ1n) is 3.28. The molecular weight excluding hydrogens is 224 g/mol. The fraction of sp³-hybridized carbons (Fsp3) is 0.286. The number of nitrogens with zero attached hydrogens (tertiary/aromatic N) is 1. The number of aromatic nitrogens is 1. The van der Waals surface area contributed by atoms with Crippen LogP contribution in [0.15, 0.2) is 10.7 Å². The van der Waals surface area contributed by atoms with Crippen molar-refractivity contribution in [2.24, 2.45) is 0 Å². The van der Waals surface area contributed by atoms with E-state index < -0.39 is 0 Å². The summed E-state index contributed by atoms with van der Waals surface area (Å²) in [5.74, 6) is 0.388. The highest BCUT2D eigenvalue weighted by Crippen LogP contribution is 2.24. The Kier molecular flexibility index (Phi) is 2.88. The Morgan fingerprint density at radius 3 is 2.92 bits per heavy atom. The molecule has 4 nitrogen and oxygen atoms in total. The van der Waals surface area contributed by atoms with Crippen LogP contribution >= 0.6 is 15.9 Å². The second-order valence-electron chi connectivity index (χ2n) is 2.19. The summed E-state index contributed by atoms with van der Waals surface area (Å²) in [6.45, 7) is -0.131. The van der Waals surface area contributed by atoms with Gasteiger partial charge in [0.05, 0.1) is 19.4 Å². The van der Waals surface area contributed by atoms with Crippen molar-refractivity contribution in [2.75, 3.05) is 12.8 Å². The van der Waals surface area contributed by atoms with Gasteiger partial charge in [0.15, 0.2) is 0 Å². The molecule has 1 aromatic rings. The standard InChI is InChI=1S/C7H9BrN2O2/c1-12-7-4(3-11)2-5(9)6(8)10-7/h2,11H,3,9H2,1H3. The van der Waals surface area contributed by atoms with Gasteiger partial charge in [0.2, 0.25) is 5.88 Å². The topological polar surface area (TPSA) is 68.4 Å². The number of hydrogen-bond acceptors (Lipinski definition) is 4. The van der Waals surface area contributed by atoms with Gasteiger partial charge in [0, 0.05) is 5.56 Å². The molecule has 0 aliphatic heterocycles. The van der Waals surface area contributed by atoms with Gasteiger partial charge in [-0.15, -0.1) is 0 Å². The largest absolute Gasteiger partial charge is 0.481 e. The molecule has 1 aromatic heterocycles. The maximum absolute atomic E-state index is 8.87. The van der Waals surface area contributed by atoms with Crippen molar-refractivity contribution in [1.29, 1.82) is 0 Å². The highest BCUT2D eigenvalue weighted by Gasteiger charge is 2.07. The number of nitrogen functional groups attached to an aromatic ring is 1. The highest BCUT2D eigenvalue weighted by molar-refractivity contribution is 9.10. The van der Waals surface area contributed by atoms with Crippen molar-refractivity contribution in [3.05, 3.63) is 16.2 Å². The van der Waals surface area contributed by atoms with Gasteiger partial charge in [-0.2, -0.15) is 0 Å². The minimum absolute atomic E-state index is 0.131. The van der Waals surface area contributed by atoms with Crippen LogP contribution in [0, 0.1) is 0 Å². The number of hydrogen-bond donors (Lipinski definition) is 2. The smallest absolute Gasteiger partial charge is 0.219 e. The average molecular weight is 233 g/mol. The fourth-order valence-electron chi connectivity index (χ4n) is 0.825. The molecule has 66 valence electrons. The third-order valence-corrected chi connectivity index (χ3v) is 2.04.